The second-order valence-electron chi connectivity index (χ2n) is 2.68. The zero-order valence-corrected chi connectivity index (χ0v) is 4.71. The number of nitrogens with zero attached hydrogens (tertiary/aromatic N) is 1. The average Bonchev–Trinajstić information content (AvgIpc) is 2.23. The van der Waals surface area contributed by atoms with Crippen LogP contribution in [0.2, 0.25) is 0 Å². The lowest BCUT2D eigenvalue weighted by molar-refractivity contribution is 0.100. The first-order valence-electron chi connectivity index (χ1n) is 3.20. The van der Waals surface area contributed by atoms with Crippen molar-refractivity contribution in [1.82, 2.24) is 5.73 Å². The van der Waals surface area contributed by atoms with Crippen molar-refractivity contribution in [1.29, 1.82) is 0 Å². The zero-order chi connectivity index (χ0) is 5.56. The minimum absolute atomic E-state index is 0.145. The van der Waals surface area contributed by atoms with E-state index < -0.39 is 0 Å². The first-order chi connectivity index (χ1) is 3.86. The number of fused-ring (bicyclic) bond motifs is 2. The van der Waals surface area contributed by atoms with Gasteiger partial charge in [0.2, 0.25) is 0 Å². The lowest BCUT2D eigenvalue weighted by Crippen LogP contribution is -2.22. The van der Waals surface area contributed by atoms with Crippen molar-refractivity contribution in [2.45, 2.75) is 37.5 Å². The Kier molecular flexibility index (Phi) is 0.866. The first-order valence-corrected chi connectivity index (χ1v) is 3.20. The summed E-state index contributed by atoms with van der Waals surface area (Å²) in [4.78, 5) is 0. The molecule has 0 aromatic rings. The molecule has 2 aliphatic rings. The summed E-state index contributed by atoms with van der Waals surface area (Å²) in [6, 6.07) is -0.145. The highest BCUT2D eigenvalue weighted by Gasteiger charge is 2.39. The molecule has 0 spiro atoms. The SMILES string of the molecule is [N]C1CC2CCC1O2. The number of hydrogen-bond acceptors (Lipinski definition) is 1. The first kappa shape index (κ1) is 4.77. The van der Waals surface area contributed by atoms with Gasteiger partial charge in [-0.15, -0.1) is 5.73 Å². The summed E-state index contributed by atoms with van der Waals surface area (Å²) in [5, 5.41) is 0. The van der Waals surface area contributed by atoms with Crippen molar-refractivity contribution in [3.05, 3.63) is 0 Å². The normalized spacial score (nSPS) is 52.9. The van der Waals surface area contributed by atoms with Crippen LogP contribution in [0.3, 0.4) is 0 Å². The average molecular weight is 111 g/mol. The highest BCUT2D eigenvalue weighted by atomic mass is 16.5. The van der Waals surface area contributed by atoms with Crippen LogP contribution in [-0.4, -0.2) is 18.2 Å². The van der Waals surface area contributed by atoms with Crippen LogP contribution in [0.15, 0.2) is 0 Å². The molecule has 2 bridgehead atoms. The molecule has 44 valence electrons. The van der Waals surface area contributed by atoms with Gasteiger partial charge in [-0.05, 0) is 19.3 Å². The summed E-state index contributed by atoms with van der Waals surface area (Å²) in [6.07, 6.45) is 3.72. The van der Waals surface area contributed by atoms with Crippen LogP contribution in [0.4, 0.5) is 0 Å². The van der Waals surface area contributed by atoms with Crippen LogP contribution in [-0.2, 0) is 4.74 Å². The van der Waals surface area contributed by atoms with Gasteiger partial charge in [0.1, 0.15) is 0 Å². The van der Waals surface area contributed by atoms with Crippen molar-refractivity contribution in [2.75, 3.05) is 0 Å². The number of rotatable bonds is 0. The Bertz CT molecular complexity index is 103. The van der Waals surface area contributed by atoms with E-state index in [-0.39, 0.29) is 12.1 Å². The van der Waals surface area contributed by atoms with Crippen molar-refractivity contribution in [2.24, 2.45) is 0 Å². The summed E-state index contributed by atoms with van der Waals surface area (Å²) in [6.45, 7) is 0. The van der Waals surface area contributed by atoms with Crippen LogP contribution in [0.5, 0.6) is 0 Å². The van der Waals surface area contributed by atoms with Gasteiger partial charge in [-0.3, -0.25) is 0 Å². The molecule has 3 unspecified atom stereocenters. The molecular weight excluding hydrogens is 102 g/mol. The van der Waals surface area contributed by atoms with Crippen molar-refractivity contribution in [3.63, 3.8) is 0 Å². The molecule has 2 saturated heterocycles. The van der Waals surface area contributed by atoms with Gasteiger partial charge in [0.15, 0.2) is 0 Å². The van der Waals surface area contributed by atoms with Crippen LogP contribution < -0.4 is 5.73 Å². The standard InChI is InChI=1S/C6H9NO/c7-5-3-4-1-2-6(5)8-4/h4-6H,1-3H2. The van der Waals surface area contributed by atoms with E-state index >= 15 is 0 Å². The van der Waals surface area contributed by atoms with E-state index in [0.717, 1.165) is 12.8 Å². The Hall–Kier alpha value is -0.0800. The minimum atomic E-state index is -0.145. The minimum Gasteiger partial charge on any atom is -0.373 e. The van der Waals surface area contributed by atoms with Gasteiger partial charge in [0.05, 0.1) is 18.2 Å². The van der Waals surface area contributed by atoms with Crippen LogP contribution in [0.25, 0.3) is 0 Å². The molecule has 0 aromatic heterocycles. The fourth-order valence-electron chi connectivity index (χ4n) is 1.61. The monoisotopic (exact) mass is 111 g/mol. The zero-order valence-electron chi connectivity index (χ0n) is 4.71. The maximum Gasteiger partial charge on any atom is 0.0765 e. The van der Waals surface area contributed by atoms with Gasteiger partial charge in [-0.1, -0.05) is 0 Å². The Morgan fingerprint density at radius 1 is 1.38 bits per heavy atom. The van der Waals surface area contributed by atoms with Crippen molar-refractivity contribution < 1.29 is 4.74 Å². The molecule has 2 fully saturated rings. The van der Waals surface area contributed by atoms with E-state index in [4.69, 9.17) is 10.5 Å². The molecule has 0 N–H and O–H groups in total. The molecule has 0 aliphatic carbocycles. The molecular formula is C6H9NO. The van der Waals surface area contributed by atoms with Crippen LogP contribution in [0, 0.1) is 0 Å². The highest BCUT2D eigenvalue weighted by Crippen LogP contribution is 2.33. The number of hydrogen-bond donors (Lipinski definition) is 0. The summed E-state index contributed by atoms with van der Waals surface area (Å²) in [7, 11) is 0. The molecule has 0 amide bonds. The largest absolute Gasteiger partial charge is 0.373 e. The molecule has 2 heterocycles. The van der Waals surface area contributed by atoms with Gasteiger partial charge in [0.25, 0.3) is 0 Å². The van der Waals surface area contributed by atoms with Gasteiger partial charge in [-0.25, -0.2) is 0 Å². The van der Waals surface area contributed by atoms with Crippen LogP contribution >= 0.6 is 0 Å². The van der Waals surface area contributed by atoms with Crippen molar-refractivity contribution >= 4 is 0 Å². The predicted molar refractivity (Wildman–Crippen MR) is 28.4 cm³/mol. The maximum absolute atomic E-state index is 9.09. The Morgan fingerprint density at radius 3 is 2.50 bits per heavy atom. The highest BCUT2D eigenvalue weighted by molar-refractivity contribution is 4.91. The molecule has 0 saturated carbocycles. The van der Waals surface area contributed by atoms with E-state index in [9.17, 15) is 0 Å². The molecule has 0 aromatic carbocycles. The summed E-state index contributed by atoms with van der Waals surface area (Å²) in [5.74, 6) is 0. The van der Waals surface area contributed by atoms with Crippen LogP contribution in [0.1, 0.15) is 19.3 Å². The molecule has 2 radical (unpaired) electrons. The second-order valence-corrected chi connectivity index (χ2v) is 2.68. The third-order valence-corrected chi connectivity index (χ3v) is 2.07. The molecule has 2 heteroatoms. The second kappa shape index (κ2) is 1.45. The summed E-state index contributed by atoms with van der Waals surface area (Å²) >= 11 is 0. The molecule has 8 heavy (non-hydrogen) atoms. The molecule has 3 atom stereocenters. The van der Waals surface area contributed by atoms with E-state index in [0.29, 0.717) is 6.10 Å². The van der Waals surface area contributed by atoms with E-state index in [1.807, 2.05) is 0 Å². The lowest BCUT2D eigenvalue weighted by Gasteiger charge is -2.08. The van der Waals surface area contributed by atoms with Gasteiger partial charge in [0, 0.05) is 0 Å². The van der Waals surface area contributed by atoms with Crippen molar-refractivity contribution in [3.8, 4) is 0 Å². The Labute approximate surface area is 49.0 Å². The Morgan fingerprint density at radius 2 is 2.25 bits per heavy atom. The lowest BCUT2D eigenvalue weighted by atomic mass is 9.97. The third-order valence-electron chi connectivity index (χ3n) is 2.07. The van der Waals surface area contributed by atoms with E-state index in [2.05, 4.69) is 0 Å². The third kappa shape index (κ3) is 0.501. The topological polar surface area (TPSA) is 31.5 Å². The fourth-order valence-corrected chi connectivity index (χ4v) is 1.61. The molecule has 2 nitrogen and oxygen atoms in total. The van der Waals surface area contributed by atoms with E-state index in [1.165, 1.54) is 6.42 Å². The quantitative estimate of drug-likeness (QED) is 0.444. The maximum atomic E-state index is 9.09. The predicted octanol–water partition coefficient (Wildman–Crippen LogP) is 0.375. The van der Waals surface area contributed by atoms with E-state index in [1.54, 1.807) is 0 Å². The molecule has 2 aliphatic heterocycles. The van der Waals surface area contributed by atoms with Gasteiger partial charge >= 0.3 is 0 Å². The summed E-state index contributed by atoms with van der Waals surface area (Å²) < 4.78 is 5.33. The smallest absolute Gasteiger partial charge is 0.0765 e. The molecule has 2 rings (SSSR count). The van der Waals surface area contributed by atoms with Gasteiger partial charge in [-0.2, -0.15) is 0 Å². The van der Waals surface area contributed by atoms with Gasteiger partial charge < -0.3 is 4.74 Å². The fraction of sp³-hybridized carbons (Fsp3) is 1.00. The Balaban J connectivity index is 2.11. The number of ether oxygens (including phenoxy) is 1. The summed E-state index contributed by atoms with van der Waals surface area (Å²) in [5.41, 5.74) is 9.09.